The number of hydrogen-bond donors (Lipinski definition) is 1. The summed E-state index contributed by atoms with van der Waals surface area (Å²) < 4.78 is 26.6. The minimum Gasteiger partial charge on any atom is -0.399 e. The van der Waals surface area contributed by atoms with Crippen LogP contribution in [-0.2, 0) is 0 Å². The zero-order valence-corrected chi connectivity index (χ0v) is 8.80. The molecule has 0 aliphatic carbocycles. The second-order valence-corrected chi connectivity index (χ2v) is 3.73. The van der Waals surface area contributed by atoms with E-state index in [1.807, 2.05) is 6.92 Å². The third-order valence-corrected chi connectivity index (χ3v) is 2.36. The van der Waals surface area contributed by atoms with Crippen molar-refractivity contribution in [3.8, 4) is 11.1 Å². The van der Waals surface area contributed by atoms with Crippen LogP contribution in [0.2, 0.25) is 0 Å². The largest absolute Gasteiger partial charge is 0.399 e. The Hall–Kier alpha value is -1.90. The Morgan fingerprint density at radius 3 is 2.50 bits per heavy atom. The topological polar surface area (TPSA) is 26.0 Å². The summed E-state index contributed by atoms with van der Waals surface area (Å²) in [5.74, 6) is -1.69. The first-order valence-electron chi connectivity index (χ1n) is 4.89. The maximum atomic E-state index is 13.5. The maximum absolute atomic E-state index is 13.5. The summed E-state index contributed by atoms with van der Waals surface area (Å²) in [7, 11) is 0. The van der Waals surface area contributed by atoms with Crippen molar-refractivity contribution in [2.24, 2.45) is 0 Å². The molecule has 0 aromatic heterocycles. The molecule has 2 aromatic rings. The third-order valence-electron chi connectivity index (χ3n) is 2.36. The monoisotopic (exact) mass is 219 g/mol. The number of halogens is 2. The van der Waals surface area contributed by atoms with Gasteiger partial charge >= 0.3 is 0 Å². The van der Waals surface area contributed by atoms with Gasteiger partial charge in [-0.3, -0.25) is 0 Å². The highest BCUT2D eigenvalue weighted by atomic mass is 19.2. The van der Waals surface area contributed by atoms with Crippen LogP contribution in [0.3, 0.4) is 0 Å². The lowest BCUT2D eigenvalue weighted by Crippen LogP contribution is -1.92. The van der Waals surface area contributed by atoms with Crippen molar-refractivity contribution in [1.82, 2.24) is 0 Å². The fourth-order valence-corrected chi connectivity index (χ4v) is 1.69. The Balaban J connectivity index is 2.63. The molecule has 0 aliphatic rings. The van der Waals surface area contributed by atoms with Crippen LogP contribution >= 0.6 is 0 Å². The van der Waals surface area contributed by atoms with Crippen molar-refractivity contribution in [3.63, 3.8) is 0 Å². The van der Waals surface area contributed by atoms with Gasteiger partial charge < -0.3 is 5.73 Å². The van der Waals surface area contributed by atoms with Crippen molar-refractivity contribution in [2.45, 2.75) is 6.92 Å². The molecular formula is C13H11F2N. The molecule has 1 nitrogen and oxygen atoms in total. The van der Waals surface area contributed by atoms with Crippen LogP contribution in [-0.4, -0.2) is 0 Å². The van der Waals surface area contributed by atoms with Crippen LogP contribution in [0.25, 0.3) is 11.1 Å². The van der Waals surface area contributed by atoms with Gasteiger partial charge in [-0.05, 0) is 36.2 Å². The van der Waals surface area contributed by atoms with Crippen molar-refractivity contribution >= 4 is 5.69 Å². The summed E-state index contributed by atoms with van der Waals surface area (Å²) in [4.78, 5) is 0. The molecule has 2 rings (SSSR count). The van der Waals surface area contributed by atoms with Crippen molar-refractivity contribution in [1.29, 1.82) is 0 Å². The van der Waals surface area contributed by atoms with Gasteiger partial charge in [-0.15, -0.1) is 0 Å². The number of nitrogens with two attached hydrogens (primary N) is 1. The summed E-state index contributed by atoms with van der Waals surface area (Å²) in [5, 5.41) is 0. The maximum Gasteiger partial charge on any atom is 0.166 e. The first kappa shape index (κ1) is 10.6. The van der Waals surface area contributed by atoms with E-state index in [0.29, 0.717) is 11.3 Å². The van der Waals surface area contributed by atoms with Crippen LogP contribution < -0.4 is 5.73 Å². The highest BCUT2D eigenvalue weighted by Crippen LogP contribution is 2.26. The van der Waals surface area contributed by atoms with Gasteiger partial charge in [0.25, 0.3) is 0 Å². The molecule has 0 heterocycles. The van der Waals surface area contributed by atoms with Gasteiger partial charge in [0.2, 0.25) is 0 Å². The molecule has 2 aromatic carbocycles. The van der Waals surface area contributed by atoms with E-state index >= 15 is 0 Å². The quantitative estimate of drug-likeness (QED) is 0.729. The number of benzene rings is 2. The molecule has 0 spiro atoms. The summed E-state index contributed by atoms with van der Waals surface area (Å²) >= 11 is 0. The normalized spacial score (nSPS) is 10.4. The summed E-state index contributed by atoms with van der Waals surface area (Å²) in [6.07, 6.45) is 0. The average Bonchev–Trinajstić information content (AvgIpc) is 2.20. The standard InChI is InChI=1S/C13H11F2N/c1-8-5-9(7-10(16)6-8)11-3-2-4-12(14)13(11)15/h2-7H,16H2,1H3. The van der Waals surface area contributed by atoms with Gasteiger partial charge in [0, 0.05) is 11.3 Å². The molecule has 0 fully saturated rings. The fraction of sp³-hybridized carbons (Fsp3) is 0.0769. The fourth-order valence-electron chi connectivity index (χ4n) is 1.69. The number of rotatable bonds is 1. The van der Waals surface area contributed by atoms with E-state index in [1.165, 1.54) is 12.1 Å². The van der Waals surface area contributed by atoms with Gasteiger partial charge in [-0.2, -0.15) is 0 Å². The molecule has 0 amide bonds. The van der Waals surface area contributed by atoms with Crippen LogP contribution in [0.5, 0.6) is 0 Å². The highest BCUT2D eigenvalue weighted by molar-refractivity contribution is 5.69. The molecule has 3 heteroatoms. The third kappa shape index (κ3) is 1.89. The van der Waals surface area contributed by atoms with E-state index in [9.17, 15) is 8.78 Å². The first-order valence-corrected chi connectivity index (χ1v) is 4.89. The Morgan fingerprint density at radius 2 is 1.81 bits per heavy atom. The predicted molar refractivity (Wildman–Crippen MR) is 60.9 cm³/mol. The molecule has 2 N–H and O–H groups in total. The lowest BCUT2D eigenvalue weighted by molar-refractivity contribution is 0.511. The van der Waals surface area contributed by atoms with E-state index in [2.05, 4.69) is 0 Å². The molecule has 0 saturated carbocycles. The average molecular weight is 219 g/mol. The van der Waals surface area contributed by atoms with Crippen LogP contribution in [0, 0.1) is 18.6 Å². The number of aryl methyl sites for hydroxylation is 1. The molecule has 0 unspecified atom stereocenters. The Labute approximate surface area is 92.5 Å². The molecule has 82 valence electrons. The van der Waals surface area contributed by atoms with E-state index in [-0.39, 0.29) is 5.56 Å². The van der Waals surface area contributed by atoms with Crippen LogP contribution in [0.15, 0.2) is 36.4 Å². The number of hydrogen-bond acceptors (Lipinski definition) is 1. The molecule has 0 radical (unpaired) electrons. The van der Waals surface area contributed by atoms with Gasteiger partial charge in [-0.1, -0.05) is 18.2 Å². The van der Waals surface area contributed by atoms with E-state index < -0.39 is 11.6 Å². The minimum absolute atomic E-state index is 0.232. The van der Waals surface area contributed by atoms with Gasteiger partial charge in [0.05, 0.1) is 0 Å². The van der Waals surface area contributed by atoms with Crippen LogP contribution in [0.1, 0.15) is 5.56 Å². The summed E-state index contributed by atoms with van der Waals surface area (Å²) in [5.41, 5.74) is 7.95. The molecular weight excluding hydrogens is 208 g/mol. The zero-order valence-electron chi connectivity index (χ0n) is 8.80. The Morgan fingerprint density at radius 1 is 1.06 bits per heavy atom. The van der Waals surface area contributed by atoms with Gasteiger partial charge in [0.15, 0.2) is 11.6 Å². The summed E-state index contributed by atoms with van der Waals surface area (Å²) in [6, 6.07) is 9.29. The van der Waals surface area contributed by atoms with Gasteiger partial charge in [0.1, 0.15) is 0 Å². The molecule has 16 heavy (non-hydrogen) atoms. The predicted octanol–water partition coefficient (Wildman–Crippen LogP) is 3.52. The number of nitrogen functional groups attached to an aromatic ring is 1. The second-order valence-electron chi connectivity index (χ2n) is 3.73. The molecule has 0 saturated heterocycles. The molecule has 0 atom stereocenters. The van der Waals surface area contributed by atoms with E-state index in [1.54, 1.807) is 18.2 Å². The lowest BCUT2D eigenvalue weighted by Gasteiger charge is -2.06. The van der Waals surface area contributed by atoms with E-state index in [4.69, 9.17) is 5.73 Å². The Kier molecular flexibility index (Phi) is 2.60. The van der Waals surface area contributed by atoms with Crippen molar-refractivity contribution < 1.29 is 8.78 Å². The Bertz CT molecular complexity index is 515. The lowest BCUT2D eigenvalue weighted by atomic mass is 10.0. The first-order chi connectivity index (χ1) is 7.58. The zero-order chi connectivity index (χ0) is 11.7. The highest BCUT2D eigenvalue weighted by Gasteiger charge is 2.09. The molecule has 0 aliphatic heterocycles. The van der Waals surface area contributed by atoms with E-state index in [0.717, 1.165) is 11.6 Å². The van der Waals surface area contributed by atoms with Crippen molar-refractivity contribution in [2.75, 3.05) is 5.73 Å². The summed E-state index contributed by atoms with van der Waals surface area (Å²) in [6.45, 7) is 1.86. The SMILES string of the molecule is Cc1cc(N)cc(-c2cccc(F)c2F)c1. The van der Waals surface area contributed by atoms with Crippen LogP contribution in [0.4, 0.5) is 14.5 Å². The van der Waals surface area contributed by atoms with Gasteiger partial charge in [-0.25, -0.2) is 8.78 Å². The second kappa shape index (κ2) is 3.93. The molecule has 0 bridgehead atoms. The number of anilines is 1. The minimum atomic E-state index is -0.849. The smallest absolute Gasteiger partial charge is 0.166 e. The van der Waals surface area contributed by atoms with Crippen molar-refractivity contribution in [3.05, 3.63) is 53.6 Å².